The summed E-state index contributed by atoms with van der Waals surface area (Å²) in [6.45, 7) is 2.13. The highest BCUT2D eigenvalue weighted by Crippen LogP contribution is 2.25. The molecule has 1 aliphatic heterocycles. The number of piperidine rings is 1. The molecule has 1 aliphatic rings. The molecule has 0 aliphatic carbocycles. The molecule has 1 saturated heterocycles. The van der Waals surface area contributed by atoms with Gasteiger partial charge < -0.3 is 26.4 Å². The smallest absolute Gasteiger partial charge is 0.253 e. The number of carbonyl (C=O) groups excluding carboxylic acids is 2. The van der Waals surface area contributed by atoms with Gasteiger partial charge in [0.2, 0.25) is 0 Å². The summed E-state index contributed by atoms with van der Waals surface area (Å²) in [5, 5.41) is 15.6. The molecule has 182 valence electrons. The van der Waals surface area contributed by atoms with E-state index < -0.39 is 5.91 Å². The maximum Gasteiger partial charge on any atom is 0.253 e. The van der Waals surface area contributed by atoms with Gasteiger partial charge in [-0.1, -0.05) is 36.4 Å². The standard InChI is InChI=1S/C27H31N5O3/c28-26(34)23-18-30-25(16-24(23)29-17-20-5-2-1-3-6-20)31-22-8-4-7-21(15-22)27(35)32-12-9-19(10-13-32)11-14-33/h1-8,15-16,18-19,33H,9-14,17H2,(H2,28,34)(H2,29,30,31). The van der Waals surface area contributed by atoms with Crippen molar-refractivity contribution in [3.8, 4) is 0 Å². The van der Waals surface area contributed by atoms with Crippen LogP contribution in [0.25, 0.3) is 0 Å². The van der Waals surface area contributed by atoms with E-state index in [2.05, 4.69) is 15.6 Å². The van der Waals surface area contributed by atoms with Gasteiger partial charge in [-0.05, 0) is 48.9 Å². The fraction of sp³-hybridized carbons (Fsp3) is 0.296. The second kappa shape index (κ2) is 11.5. The molecule has 35 heavy (non-hydrogen) atoms. The number of likely N-dealkylation sites (tertiary alicyclic amines) is 1. The van der Waals surface area contributed by atoms with Crippen LogP contribution < -0.4 is 16.4 Å². The summed E-state index contributed by atoms with van der Waals surface area (Å²) in [7, 11) is 0. The van der Waals surface area contributed by atoms with Crippen molar-refractivity contribution in [1.29, 1.82) is 0 Å². The molecule has 0 bridgehead atoms. The van der Waals surface area contributed by atoms with E-state index in [-0.39, 0.29) is 12.5 Å². The Bertz CT molecular complexity index is 1160. The van der Waals surface area contributed by atoms with Crippen molar-refractivity contribution in [2.24, 2.45) is 11.7 Å². The average Bonchev–Trinajstić information content (AvgIpc) is 2.88. The first-order chi connectivity index (χ1) is 17.0. The van der Waals surface area contributed by atoms with Gasteiger partial charge in [0.15, 0.2) is 0 Å². The molecule has 2 amide bonds. The van der Waals surface area contributed by atoms with Gasteiger partial charge in [0.1, 0.15) is 5.82 Å². The minimum absolute atomic E-state index is 0.00153. The first kappa shape index (κ1) is 24.2. The van der Waals surface area contributed by atoms with E-state index >= 15 is 0 Å². The number of hydrogen-bond acceptors (Lipinski definition) is 6. The molecule has 4 rings (SSSR count). The summed E-state index contributed by atoms with van der Waals surface area (Å²) in [6, 6.07) is 18.9. The molecule has 1 aromatic heterocycles. The number of nitrogens with one attached hydrogen (secondary N) is 2. The maximum atomic E-state index is 13.0. The predicted molar refractivity (Wildman–Crippen MR) is 137 cm³/mol. The van der Waals surface area contributed by atoms with Gasteiger partial charge >= 0.3 is 0 Å². The highest BCUT2D eigenvalue weighted by Gasteiger charge is 2.23. The molecular weight excluding hydrogens is 442 g/mol. The van der Waals surface area contributed by atoms with Gasteiger partial charge in [0.25, 0.3) is 11.8 Å². The van der Waals surface area contributed by atoms with Crippen LogP contribution in [0.1, 0.15) is 45.5 Å². The lowest BCUT2D eigenvalue weighted by atomic mass is 9.93. The minimum atomic E-state index is -0.560. The van der Waals surface area contributed by atoms with E-state index in [1.807, 2.05) is 59.5 Å². The zero-order valence-corrected chi connectivity index (χ0v) is 19.6. The topological polar surface area (TPSA) is 121 Å². The van der Waals surface area contributed by atoms with E-state index in [1.165, 1.54) is 6.20 Å². The monoisotopic (exact) mass is 473 g/mol. The Morgan fingerprint density at radius 2 is 1.83 bits per heavy atom. The van der Waals surface area contributed by atoms with Crippen molar-refractivity contribution < 1.29 is 14.7 Å². The van der Waals surface area contributed by atoms with E-state index in [9.17, 15) is 9.59 Å². The molecule has 0 spiro atoms. The van der Waals surface area contributed by atoms with Crippen LogP contribution in [0, 0.1) is 5.92 Å². The van der Waals surface area contributed by atoms with Gasteiger partial charge in [0.05, 0.1) is 11.3 Å². The SMILES string of the molecule is NC(=O)c1cnc(Nc2cccc(C(=O)N3CCC(CCO)CC3)c2)cc1NCc1ccccc1. The van der Waals surface area contributed by atoms with E-state index in [4.69, 9.17) is 10.8 Å². The van der Waals surface area contributed by atoms with Crippen LogP contribution in [0.5, 0.6) is 0 Å². The maximum absolute atomic E-state index is 13.0. The van der Waals surface area contributed by atoms with Crippen LogP contribution in [-0.2, 0) is 6.54 Å². The quantitative estimate of drug-likeness (QED) is 0.375. The van der Waals surface area contributed by atoms with E-state index in [1.54, 1.807) is 6.07 Å². The summed E-state index contributed by atoms with van der Waals surface area (Å²) >= 11 is 0. The van der Waals surface area contributed by atoms with Gasteiger partial charge in [-0.2, -0.15) is 0 Å². The fourth-order valence-electron chi connectivity index (χ4n) is 4.33. The number of benzene rings is 2. The highest BCUT2D eigenvalue weighted by molar-refractivity contribution is 5.99. The summed E-state index contributed by atoms with van der Waals surface area (Å²) < 4.78 is 0. The number of amides is 2. The number of hydrogen-bond donors (Lipinski definition) is 4. The largest absolute Gasteiger partial charge is 0.396 e. The van der Waals surface area contributed by atoms with Gasteiger partial charge in [0, 0.05) is 49.8 Å². The second-order valence-corrected chi connectivity index (χ2v) is 8.77. The van der Waals surface area contributed by atoms with Crippen LogP contribution in [0.4, 0.5) is 17.2 Å². The Hall–Kier alpha value is -3.91. The number of nitrogens with two attached hydrogens (primary N) is 1. The molecule has 3 aromatic rings. The number of aliphatic hydroxyl groups excluding tert-OH is 1. The molecule has 2 aromatic carbocycles. The molecule has 1 fully saturated rings. The summed E-state index contributed by atoms with van der Waals surface area (Å²) in [6.07, 6.45) is 4.08. The Morgan fingerprint density at radius 3 is 2.54 bits per heavy atom. The number of pyridine rings is 1. The van der Waals surface area contributed by atoms with Gasteiger partial charge in [-0.3, -0.25) is 9.59 Å². The van der Waals surface area contributed by atoms with Crippen LogP contribution >= 0.6 is 0 Å². The average molecular weight is 474 g/mol. The van der Waals surface area contributed by atoms with Crippen molar-refractivity contribution in [1.82, 2.24) is 9.88 Å². The molecule has 8 nitrogen and oxygen atoms in total. The van der Waals surface area contributed by atoms with E-state index in [0.717, 1.165) is 30.5 Å². The van der Waals surface area contributed by atoms with Crippen LogP contribution in [0.15, 0.2) is 66.9 Å². The zero-order chi connectivity index (χ0) is 24.6. The number of anilines is 3. The zero-order valence-electron chi connectivity index (χ0n) is 19.6. The number of carbonyl (C=O) groups is 2. The number of nitrogens with zero attached hydrogens (tertiary/aromatic N) is 2. The van der Waals surface area contributed by atoms with Crippen molar-refractivity contribution in [2.75, 3.05) is 30.3 Å². The summed E-state index contributed by atoms with van der Waals surface area (Å²) in [4.78, 5) is 31.1. The lowest BCUT2D eigenvalue weighted by Gasteiger charge is -2.32. The Morgan fingerprint density at radius 1 is 1.06 bits per heavy atom. The van der Waals surface area contributed by atoms with E-state index in [0.29, 0.717) is 48.2 Å². The number of aromatic nitrogens is 1. The van der Waals surface area contributed by atoms with Crippen LogP contribution in [0.2, 0.25) is 0 Å². The predicted octanol–water partition coefficient (Wildman–Crippen LogP) is 3.77. The molecular formula is C27H31N5O3. The minimum Gasteiger partial charge on any atom is -0.396 e. The fourth-order valence-corrected chi connectivity index (χ4v) is 4.33. The number of primary amides is 1. The molecule has 5 N–H and O–H groups in total. The Kier molecular flexibility index (Phi) is 7.95. The van der Waals surface area contributed by atoms with Crippen molar-refractivity contribution >= 4 is 29.0 Å². The Balaban J connectivity index is 1.45. The first-order valence-electron chi connectivity index (χ1n) is 11.9. The molecule has 2 heterocycles. The van der Waals surface area contributed by atoms with Crippen LogP contribution in [0.3, 0.4) is 0 Å². The summed E-state index contributed by atoms with van der Waals surface area (Å²) in [5.74, 6) is 0.449. The lowest BCUT2D eigenvalue weighted by Crippen LogP contribution is -2.38. The molecule has 0 unspecified atom stereocenters. The van der Waals surface area contributed by atoms with Crippen molar-refractivity contribution in [3.63, 3.8) is 0 Å². The van der Waals surface area contributed by atoms with Crippen molar-refractivity contribution in [2.45, 2.75) is 25.8 Å². The highest BCUT2D eigenvalue weighted by atomic mass is 16.3. The normalized spacial score (nSPS) is 13.9. The third kappa shape index (κ3) is 6.36. The van der Waals surface area contributed by atoms with Crippen LogP contribution in [-0.4, -0.2) is 46.5 Å². The van der Waals surface area contributed by atoms with Crippen molar-refractivity contribution in [3.05, 3.63) is 83.6 Å². The van der Waals surface area contributed by atoms with Gasteiger partial charge in [-0.25, -0.2) is 4.98 Å². The van der Waals surface area contributed by atoms with Gasteiger partial charge in [-0.15, -0.1) is 0 Å². The number of rotatable bonds is 9. The molecule has 0 atom stereocenters. The summed E-state index contributed by atoms with van der Waals surface area (Å²) in [5.41, 5.74) is 8.82. The third-order valence-electron chi connectivity index (χ3n) is 6.32. The lowest BCUT2D eigenvalue weighted by molar-refractivity contribution is 0.0678. The molecule has 8 heteroatoms. The Labute approximate surface area is 205 Å². The molecule has 0 saturated carbocycles. The first-order valence-corrected chi connectivity index (χ1v) is 11.9. The second-order valence-electron chi connectivity index (χ2n) is 8.77. The third-order valence-corrected chi connectivity index (χ3v) is 6.32. The number of aliphatic hydroxyl groups is 1. The molecule has 0 radical (unpaired) electrons.